The second kappa shape index (κ2) is 10.6. The van der Waals surface area contributed by atoms with Crippen LogP contribution in [0.15, 0.2) is 53.4 Å². The molecule has 0 aromatic heterocycles. The minimum absolute atomic E-state index is 0.00402. The summed E-state index contributed by atoms with van der Waals surface area (Å²) in [6, 6.07) is 14.8. The largest absolute Gasteiger partial charge is 0.494 e. The SMILES string of the molecule is CCOc1ccc(S(=O)(=O)N2CCC(C(=O)NCc3ccccc3N3CCCC3)CC2)cc1. The number of nitrogens with zero attached hydrogens (tertiary/aromatic N) is 2. The second-order valence-electron chi connectivity index (χ2n) is 8.62. The van der Waals surface area contributed by atoms with Gasteiger partial charge in [0.2, 0.25) is 15.9 Å². The monoisotopic (exact) mass is 471 g/mol. The van der Waals surface area contributed by atoms with Crippen LogP contribution in [0, 0.1) is 5.92 Å². The molecule has 2 aliphatic rings. The number of hydrogen-bond acceptors (Lipinski definition) is 5. The van der Waals surface area contributed by atoms with Crippen molar-refractivity contribution in [1.29, 1.82) is 0 Å². The molecule has 2 fully saturated rings. The molecule has 2 aliphatic heterocycles. The smallest absolute Gasteiger partial charge is 0.243 e. The van der Waals surface area contributed by atoms with E-state index in [-0.39, 0.29) is 16.7 Å². The Labute approximate surface area is 196 Å². The first-order valence-corrected chi connectivity index (χ1v) is 13.3. The summed E-state index contributed by atoms with van der Waals surface area (Å²) in [6.45, 7) is 5.73. The van der Waals surface area contributed by atoms with Gasteiger partial charge in [-0.2, -0.15) is 4.31 Å². The summed E-state index contributed by atoms with van der Waals surface area (Å²) in [5, 5.41) is 3.09. The van der Waals surface area contributed by atoms with Gasteiger partial charge in [-0.3, -0.25) is 4.79 Å². The number of nitrogens with one attached hydrogen (secondary N) is 1. The zero-order chi connectivity index (χ0) is 23.3. The van der Waals surface area contributed by atoms with Gasteiger partial charge in [0.05, 0.1) is 11.5 Å². The Morgan fingerprint density at radius 2 is 1.67 bits per heavy atom. The highest BCUT2D eigenvalue weighted by atomic mass is 32.2. The zero-order valence-electron chi connectivity index (χ0n) is 19.2. The highest BCUT2D eigenvalue weighted by Gasteiger charge is 2.32. The molecule has 1 N–H and O–H groups in total. The number of piperidine rings is 1. The number of sulfonamides is 1. The number of rotatable bonds is 8. The predicted octanol–water partition coefficient (Wildman–Crippen LogP) is 3.40. The third-order valence-corrected chi connectivity index (χ3v) is 8.40. The highest BCUT2D eigenvalue weighted by Crippen LogP contribution is 2.27. The van der Waals surface area contributed by atoms with Crippen molar-refractivity contribution in [3.8, 4) is 5.75 Å². The molecule has 2 aromatic rings. The standard InChI is InChI=1S/C25H33N3O4S/c1-2-32-22-9-11-23(12-10-22)33(30,31)28-17-13-20(14-18-28)25(29)26-19-21-7-3-4-8-24(21)27-15-5-6-16-27/h3-4,7-12,20H,2,5-6,13-19H2,1H3,(H,26,29). The number of carbonyl (C=O) groups excluding carboxylic acids is 1. The number of amides is 1. The first kappa shape index (κ1) is 23.6. The number of carbonyl (C=O) groups is 1. The van der Waals surface area contributed by atoms with Crippen LogP contribution in [0.25, 0.3) is 0 Å². The summed E-state index contributed by atoms with van der Waals surface area (Å²) in [6.07, 6.45) is 3.46. The maximum atomic E-state index is 13.0. The number of ether oxygens (including phenoxy) is 1. The van der Waals surface area contributed by atoms with Gasteiger partial charge >= 0.3 is 0 Å². The molecular formula is C25H33N3O4S. The number of benzene rings is 2. The quantitative estimate of drug-likeness (QED) is 0.638. The Morgan fingerprint density at radius 3 is 2.33 bits per heavy atom. The van der Waals surface area contributed by atoms with Gasteiger partial charge in [-0.25, -0.2) is 8.42 Å². The van der Waals surface area contributed by atoms with Crippen LogP contribution in [0.1, 0.15) is 38.2 Å². The van der Waals surface area contributed by atoms with E-state index in [1.165, 1.54) is 22.8 Å². The average Bonchev–Trinajstić information content (AvgIpc) is 3.38. The fourth-order valence-electron chi connectivity index (χ4n) is 4.64. The van der Waals surface area contributed by atoms with Crippen LogP contribution >= 0.6 is 0 Å². The van der Waals surface area contributed by atoms with Gasteiger partial charge in [0.15, 0.2) is 0 Å². The van der Waals surface area contributed by atoms with E-state index >= 15 is 0 Å². The van der Waals surface area contributed by atoms with Crippen LogP contribution in [0.5, 0.6) is 5.75 Å². The van der Waals surface area contributed by atoms with E-state index in [9.17, 15) is 13.2 Å². The molecule has 2 saturated heterocycles. The fraction of sp³-hybridized carbons (Fsp3) is 0.480. The van der Waals surface area contributed by atoms with Crippen molar-refractivity contribution in [2.45, 2.75) is 44.0 Å². The minimum Gasteiger partial charge on any atom is -0.494 e. The molecule has 7 nitrogen and oxygen atoms in total. The van der Waals surface area contributed by atoms with Gasteiger partial charge in [0.25, 0.3) is 0 Å². The van der Waals surface area contributed by atoms with Crippen molar-refractivity contribution in [3.63, 3.8) is 0 Å². The van der Waals surface area contributed by atoms with E-state index in [2.05, 4.69) is 22.3 Å². The lowest BCUT2D eigenvalue weighted by Gasteiger charge is -2.30. The van der Waals surface area contributed by atoms with Gasteiger partial charge in [0.1, 0.15) is 5.75 Å². The lowest BCUT2D eigenvalue weighted by molar-refractivity contribution is -0.126. The molecule has 0 bridgehead atoms. The van der Waals surface area contributed by atoms with Crippen LogP contribution in [0.3, 0.4) is 0 Å². The van der Waals surface area contributed by atoms with Crippen molar-refractivity contribution < 1.29 is 17.9 Å². The zero-order valence-corrected chi connectivity index (χ0v) is 20.0. The lowest BCUT2D eigenvalue weighted by Crippen LogP contribution is -2.42. The molecule has 0 atom stereocenters. The lowest BCUT2D eigenvalue weighted by atomic mass is 9.97. The van der Waals surface area contributed by atoms with E-state index in [1.54, 1.807) is 24.3 Å². The van der Waals surface area contributed by atoms with Gasteiger partial charge in [-0.15, -0.1) is 0 Å². The van der Waals surface area contributed by atoms with E-state index in [0.717, 1.165) is 18.7 Å². The summed E-state index contributed by atoms with van der Waals surface area (Å²) in [7, 11) is -3.57. The van der Waals surface area contributed by atoms with E-state index in [1.807, 2.05) is 19.1 Å². The first-order valence-electron chi connectivity index (χ1n) is 11.8. The third-order valence-electron chi connectivity index (χ3n) is 6.49. The molecule has 1 amide bonds. The van der Waals surface area contributed by atoms with Crippen LogP contribution in [0.2, 0.25) is 0 Å². The Morgan fingerprint density at radius 1 is 1.00 bits per heavy atom. The number of hydrogen-bond donors (Lipinski definition) is 1. The molecular weight excluding hydrogens is 438 g/mol. The van der Waals surface area contributed by atoms with Gasteiger partial charge in [-0.05, 0) is 68.5 Å². The van der Waals surface area contributed by atoms with E-state index in [4.69, 9.17) is 4.74 Å². The molecule has 4 rings (SSSR count). The van der Waals surface area contributed by atoms with Crippen molar-refractivity contribution >= 4 is 21.6 Å². The number of anilines is 1. The Hall–Kier alpha value is -2.58. The van der Waals surface area contributed by atoms with E-state index in [0.29, 0.717) is 44.8 Å². The molecule has 178 valence electrons. The number of para-hydroxylation sites is 1. The van der Waals surface area contributed by atoms with Crippen molar-refractivity contribution in [2.24, 2.45) is 5.92 Å². The topological polar surface area (TPSA) is 79.0 Å². The van der Waals surface area contributed by atoms with Crippen molar-refractivity contribution in [3.05, 3.63) is 54.1 Å². The second-order valence-corrected chi connectivity index (χ2v) is 10.6. The molecule has 0 saturated carbocycles. The molecule has 0 spiro atoms. The Bertz CT molecular complexity index is 1040. The first-order chi connectivity index (χ1) is 16.0. The van der Waals surface area contributed by atoms with Gasteiger partial charge < -0.3 is 15.0 Å². The average molecular weight is 472 g/mol. The molecule has 2 heterocycles. The molecule has 33 heavy (non-hydrogen) atoms. The maximum absolute atomic E-state index is 13.0. The maximum Gasteiger partial charge on any atom is 0.243 e. The summed E-state index contributed by atoms with van der Waals surface area (Å²) in [4.78, 5) is 15.5. The Balaban J connectivity index is 1.31. The molecule has 2 aromatic carbocycles. The summed E-state index contributed by atoms with van der Waals surface area (Å²) < 4.78 is 32.9. The normalized spacial score (nSPS) is 17.8. The summed E-state index contributed by atoms with van der Waals surface area (Å²) >= 11 is 0. The minimum atomic E-state index is -3.57. The fourth-order valence-corrected chi connectivity index (χ4v) is 6.11. The van der Waals surface area contributed by atoms with Gasteiger partial charge in [0, 0.05) is 44.3 Å². The molecule has 8 heteroatoms. The summed E-state index contributed by atoms with van der Waals surface area (Å²) in [5.41, 5.74) is 2.33. The van der Waals surface area contributed by atoms with E-state index < -0.39 is 10.0 Å². The molecule has 0 aliphatic carbocycles. The van der Waals surface area contributed by atoms with Crippen LogP contribution in [0.4, 0.5) is 5.69 Å². The van der Waals surface area contributed by atoms with Crippen LogP contribution < -0.4 is 15.0 Å². The highest BCUT2D eigenvalue weighted by molar-refractivity contribution is 7.89. The molecule has 0 radical (unpaired) electrons. The Kier molecular flexibility index (Phi) is 7.55. The van der Waals surface area contributed by atoms with Crippen molar-refractivity contribution in [1.82, 2.24) is 9.62 Å². The third kappa shape index (κ3) is 5.50. The predicted molar refractivity (Wildman–Crippen MR) is 129 cm³/mol. The molecule has 0 unspecified atom stereocenters. The van der Waals surface area contributed by atoms with Crippen molar-refractivity contribution in [2.75, 3.05) is 37.7 Å². The van der Waals surface area contributed by atoms with Crippen LogP contribution in [-0.4, -0.2) is 51.4 Å². The summed E-state index contributed by atoms with van der Waals surface area (Å²) in [5.74, 6) is 0.484. The van der Waals surface area contributed by atoms with Crippen LogP contribution in [-0.2, 0) is 21.4 Å². The van der Waals surface area contributed by atoms with Gasteiger partial charge in [-0.1, -0.05) is 18.2 Å².